The summed E-state index contributed by atoms with van der Waals surface area (Å²) in [6, 6.07) is 8.69. The molecule has 0 unspecified atom stereocenters. The van der Waals surface area contributed by atoms with Crippen molar-refractivity contribution in [1.82, 2.24) is 15.6 Å². The zero-order valence-electron chi connectivity index (χ0n) is 15.7. The fourth-order valence-electron chi connectivity index (χ4n) is 2.45. The topological polar surface area (TPSA) is 49.3 Å². The number of aliphatic imine (C=N–C) groups is 1. The van der Waals surface area contributed by atoms with E-state index in [4.69, 9.17) is 0 Å². The minimum Gasteiger partial charge on any atom is -0.356 e. The van der Waals surface area contributed by atoms with Gasteiger partial charge >= 0.3 is 0 Å². The van der Waals surface area contributed by atoms with E-state index in [1.165, 1.54) is 16.0 Å². The first kappa shape index (κ1) is 21.9. The molecule has 2 rings (SSSR count). The SMILES string of the molecule is CCc1cnc(CNC(=NC)NCC(C)(C)c2cccc(C)c2)s1.I. The molecule has 0 saturated heterocycles. The number of aryl methyl sites for hydroxylation is 2. The molecule has 6 heteroatoms. The van der Waals surface area contributed by atoms with Crippen LogP contribution in [0.25, 0.3) is 0 Å². The van der Waals surface area contributed by atoms with Gasteiger partial charge < -0.3 is 10.6 Å². The molecule has 0 aliphatic heterocycles. The van der Waals surface area contributed by atoms with Gasteiger partial charge in [0.1, 0.15) is 5.01 Å². The highest BCUT2D eigenvalue weighted by Crippen LogP contribution is 2.23. The zero-order chi connectivity index (χ0) is 17.6. The van der Waals surface area contributed by atoms with E-state index in [-0.39, 0.29) is 29.4 Å². The fraction of sp³-hybridized carbons (Fsp3) is 0.474. The number of nitrogens with zero attached hydrogens (tertiary/aromatic N) is 2. The Morgan fingerprint density at radius 2 is 2.04 bits per heavy atom. The van der Waals surface area contributed by atoms with Gasteiger partial charge in [-0.05, 0) is 18.9 Å². The Hall–Kier alpha value is -1.15. The number of hydrogen-bond donors (Lipinski definition) is 2. The number of hydrogen-bond acceptors (Lipinski definition) is 3. The highest BCUT2D eigenvalue weighted by molar-refractivity contribution is 14.0. The highest BCUT2D eigenvalue weighted by atomic mass is 127. The van der Waals surface area contributed by atoms with E-state index in [0.717, 1.165) is 23.9 Å². The molecule has 0 bridgehead atoms. The van der Waals surface area contributed by atoms with Crippen LogP contribution in [0, 0.1) is 6.92 Å². The molecule has 0 saturated carbocycles. The third-order valence-electron chi connectivity index (χ3n) is 4.08. The molecule has 2 aromatic rings. The molecule has 0 fully saturated rings. The van der Waals surface area contributed by atoms with E-state index < -0.39 is 0 Å². The second-order valence-corrected chi connectivity index (χ2v) is 7.81. The van der Waals surface area contributed by atoms with Crippen LogP contribution in [0.3, 0.4) is 0 Å². The van der Waals surface area contributed by atoms with Gasteiger partial charge in [0.05, 0.1) is 6.54 Å². The van der Waals surface area contributed by atoms with Crippen molar-refractivity contribution >= 4 is 41.3 Å². The number of benzene rings is 1. The molecular weight excluding hydrogens is 443 g/mol. The van der Waals surface area contributed by atoms with Crippen LogP contribution in [-0.2, 0) is 18.4 Å². The minimum absolute atomic E-state index is 0. The second kappa shape index (κ2) is 10.1. The van der Waals surface area contributed by atoms with Gasteiger partial charge in [-0.1, -0.05) is 50.6 Å². The standard InChI is InChI=1S/C19H28N4S.HI/c1-6-16-11-21-17(24-16)12-22-18(20-5)23-13-19(3,4)15-9-7-8-14(2)10-15;/h7-11H,6,12-13H2,1-5H3,(H2,20,22,23);1H. The van der Waals surface area contributed by atoms with Crippen molar-refractivity contribution in [2.24, 2.45) is 4.99 Å². The Kier molecular flexibility index (Phi) is 8.85. The van der Waals surface area contributed by atoms with Crippen molar-refractivity contribution in [2.45, 2.75) is 46.1 Å². The van der Waals surface area contributed by atoms with E-state index in [2.05, 4.69) is 72.6 Å². The number of nitrogens with one attached hydrogen (secondary N) is 2. The van der Waals surface area contributed by atoms with Gasteiger partial charge in [0.2, 0.25) is 0 Å². The molecule has 4 nitrogen and oxygen atoms in total. The Bertz CT molecular complexity index is 694. The molecule has 0 atom stereocenters. The Morgan fingerprint density at radius 1 is 1.28 bits per heavy atom. The van der Waals surface area contributed by atoms with E-state index in [0.29, 0.717) is 6.54 Å². The van der Waals surface area contributed by atoms with E-state index in [9.17, 15) is 0 Å². The lowest BCUT2D eigenvalue weighted by molar-refractivity contribution is 0.508. The Balaban J connectivity index is 0.00000312. The van der Waals surface area contributed by atoms with Crippen LogP contribution < -0.4 is 10.6 Å². The highest BCUT2D eigenvalue weighted by Gasteiger charge is 2.21. The van der Waals surface area contributed by atoms with Crippen LogP contribution >= 0.6 is 35.3 Å². The van der Waals surface area contributed by atoms with Gasteiger partial charge in [-0.3, -0.25) is 4.99 Å². The summed E-state index contributed by atoms with van der Waals surface area (Å²) in [4.78, 5) is 10.1. The van der Waals surface area contributed by atoms with Crippen LogP contribution in [-0.4, -0.2) is 24.5 Å². The number of rotatable bonds is 6. The number of guanidine groups is 1. The summed E-state index contributed by atoms with van der Waals surface area (Å²) < 4.78 is 0. The predicted octanol–water partition coefficient (Wildman–Crippen LogP) is 4.27. The van der Waals surface area contributed by atoms with Crippen LogP contribution in [0.2, 0.25) is 0 Å². The summed E-state index contributed by atoms with van der Waals surface area (Å²) in [6.07, 6.45) is 2.99. The summed E-state index contributed by atoms with van der Waals surface area (Å²) in [5.74, 6) is 0.809. The molecule has 2 N–H and O–H groups in total. The summed E-state index contributed by atoms with van der Waals surface area (Å²) in [5, 5.41) is 7.87. The van der Waals surface area contributed by atoms with Crippen molar-refractivity contribution in [2.75, 3.05) is 13.6 Å². The lowest BCUT2D eigenvalue weighted by Crippen LogP contribution is -2.43. The summed E-state index contributed by atoms with van der Waals surface area (Å²) in [7, 11) is 1.80. The van der Waals surface area contributed by atoms with Crippen molar-refractivity contribution in [3.8, 4) is 0 Å². The lowest BCUT2D eigenvalue weighted by atomic mass is 9.84. The Morgan fingerprint density at radius 3 is 2.64 bits per heavy atom. The first-order chi connectivity index (χ1) is 11.4. The van der Waals surface area contributed by atoms with Crippen LogP contribution in [0.4, 0.5) is 0 Å². The normalized spacial score (nSPS) is 11.8. The van der Waals surface area contributed by atoms with Crippen LogP contribution in [0.5, 0.6) is 0 Å². The summed E-state index contributed by atoms with van der Waals surface area (Å²) >= 11 is 1.75. The van der Waals surface area contributed by atoms with E-state index in [1.807, 2.05) is 6.20 Å². The molecule has 0 aliphatic rings. The predicted molar refractivity (Wildman–Crippen MR) is 119 cm³/mol. The first-order valence-electron chi connectivity index (χ1n) is 8.40. The zero-order valence-corrected chi connectivity index (χ0v) is 18.9. The van der Waals surface area contributed by atoms with Crippen molar-refractivity contribution < 1.29 is 0 Å². The largest absolute Gasteiger partial charge is 0.356 e. The van der Waals surface area contributed by atoms with Gasteiger partial charge in [0, 0.05) is 30.1 Å². The molecular formula is C19H29IN4S. The Labute approximate surface area is 172 Å². The number of halogens is 1. The number of aromatic nitrogens is 1. The molecule has 25 heavy (non-hydrogen) atoms. The van der Waals surface area contributed by atoms with Crippen molar-refractivity contribution in [3.05, 3.63) is 51.5 Å². The van der Waals surface area contributed by atoms with Gasteiger partial charge in [-0.15, -0.1) is 35.3 Å². The average molecular weight is 472 g/mol. The van der Waals surface area contributed by atoms with Gasteiger partial charge in [0.15, 0.2) is 5.96 Å². The van der Waals surface area contributed by atoms with Crippen LogP contribution in [0.1, 0.15) is 41.8 Å². The maximum atomic E-state index is 4.43. The van der Waals surface area contributed by atoms with Gasteiger partial charge in [0.25, 0.3) is 0 Å². The molecule has 1 aromatic heterocycles. The average Bonchev–Trinajstić information content (AvgIpc) is 3.03. The molecule has 1 aromatic carbocycles. The van der Waals surface area contributed by atoms with Crippen LogP contribution in [0.15, 0.2) is 35.5 Å². The third-order valence-corrected chi connectivity index (χ3v) is 5.22. The van der Waals surface area contributed by atoms with Crippen molar-refractivity contribution in [1.29, 1.82) is 0 Å². The number of thiazole rings is 1. The van der Waals surface area contributed by atoms with E-state index >= 15 is 0 Å². The summed E-state index contributed by atoms with van der Waals surface area (Å²) in [6.45, 7) is 10.3. The maximum Gasteiger partial charge on any atom is 0.191 e. The molecule has 0 amide bonds. The molecule has 1 heterocycles. The first-order valence-corrected chi connectivity index (χ1v) is 9.21. The molecule has 0 spiro atoms. The quantitative estimate of drug-likeness (QED) is 0.375. The van der Waals surface area contributed by atoms with Crippen molar-refractivity contribution in [3.63, 3.8) is 0 Å². The summed E-state index contributed by atoms with van der Waals surface area (Å²) in [5.41, 5.74) is 2.65. The molecule has 0 aliphatic carbocycles. The van der Waals surface area contributed by atoms with E-state index in [1.54, 1.807) is 18.4 Å². The lowest BCUT2D eigenvalue weighted by Gasteiger charge is -2.27. The third kappa shape index (κ3) is 6.58. The minimum atomic E-state index is 0. The molecule has 0 radical (unpaired) electrons. The van der Waals surface area contributed by atoms with Gasteiger partial charge in [-0.2, -0.15) is 0 Å². The fourth-order valence-corrected chi connectivity index (χ4v) is 3.25. The smallest absolute Gasteiger partial charge is 0.191 e. The van der Waals surface area contributed by atoms with Gasteiger partial charge in [-0.25, -0.2) is 4.98 Å². The second-order valence-electron chi connectivity index (χ2n) is 6.61. The monoisotopic (exact) mass is 472 g/mol. The maximum absolute atomic E-state index is 4.43. The molecule has 138 valence electrons.